The van der Waals surface area contributed by atoms with E-state index in [-0.39, 0.29) is 12.0 Å². The van der Waals surface area contributed by atoms with Crippen molar-refractivity contribution in [3.63, 3.8) is 0 Å². The van der Waals surface area contributed by atoms with Crippen molar-refractivity contribution in [2.75, 3.05) is 20.2 Å². The van der Waals surface area contributed by atoms with Crippen LogP contribution in [0.1, 0.15) is 21.5 Å². The summed E-state index contributed by atoms with van der Waals surface area (Å²) in [5.41, 5.74) is 5.37. The maximum atomic E-state index is 13.2. The van der Waals surface area contributed by atoms with Gasteiger partial charge in [0.15, 0.2) is 0 Å². The number of aliphatic hydroxyl groups is 1. The molecule has 0 radical (unpaired) electrons. The second-order valence-electron chi connectivity index (χ2n) is 7.63. The molecule has 2 atom stereocenters. The average Bonchev–Trinajstić information content (AvgIpc) is 3.06. The summed E-state index contributed by atoms with van der Waals surface area (Å²) in [7, 11) is 1.57. The molecule has 0 saturated carbocycles. The number of ether oxygens (including phenoxy) is 1. The summed E-state index contributed by atoms with van der Waals surface area (Å²) in [6, 6.07) is 18.5. The fourth-order valence-electron chi connectivity index (χ4n) is 4.19. The molecule has 4 nitrogen and oxygen atoms in total. The van der Waals surface area contributed by atoms with Crippen LogP contribution in [-0.2, 0) is 4.74 Å². The topological polar surface area (TPSA) is 49.8 Å². The molecule has 0 unspecified atom stereocenters. The number of β-amino-alcohol motifs (C(OH)–C–C–N with tert-alkyl or cyclic N) is 1. The molecule has 1 amide bonds. The van der Waals surface area contributed by atoms with Crippen LogP contribution in [0.5, 0.6) is 0 Å². The predicted octanol–water partition coefficient (Wildman–Crippen LogP) is 3.96. The van der Waals surface area contributed by atoms with E-state index in [2.05, 4.69) is 38.1 Å². The third-order valence-electron chi connectivity index (χ3n) is 5.51. The quantitative estimate of drug-likeness (QED) is 0.754. The van der Waals surface area contributed by atoms with Crippen LogP contribution in [0, 0.1) is 13.8 Å². The van der Waals surface area contributed by atoms with Crippen LogP contribution in [0.15, 0.2) is 54.6 Å². The lowest BCUT2D eigenvalue weighted by Gasteiger charge is -2.18. The van der Waals surface area contributed by atoms with Crippen LogP contribution < -0.4 is 0 Å². The third-order valence-corrected chi connectivity index (χ3v) is 5.51. The second-order valence-corrected chi connectivity index (χ2v) is 7.63. The monoisotopic (exact) mass is 375 g/mol. The highest BCUT2D eigenvalue weighted by Gasteiger charge is 2.34. The number of fused-ring (bicyclic) bond motifs is 1. The van der Waals surface area contributed by atoms with Crippen molar-refractivity contribution in [3.8, 4) is 11.1 Å². The Morgan fingerprint density at radius 2 is 1.68 bits per heavy atom. The zero-order valence-corrected chi connectivity index (χ0v) is 16.5. The number of likely N-dealkylation sites (tertiary alicyclic amines) is 1. The molecule has 0 aromatic heterocycles. The number of nitrogens with zero attached hydrogens (tertiary/aromatic N) is 1. The van der Waals surface area contributed by atoms with Gasteiger partial charge in [-0.3, -0.25) is 4.79 Å². The summed E-state index contributed by atoms with van der Waals surface area (Å²) in [5, 5.41) is 12.1. The summed E-state index contributed by atoms with van der Waals surface area (Å²) in [4.78, 5) is 14.9. The largest absolute Gasteiger partial charge is 0.388 e. The van der Waals surface area contributed by atoms with Gasteiger partial charge in [0, 0.05) is 25.8 Å². The molecule has 1 fully saturated rings. The van der Waals surface area contributed by atoms with Crippen LogP contribution in [0.3, 0.4) is 0 Å². The molecule has 0 aliphatic carbocycles. The Hall–Kier alpha value is -2.69. The number of amides is 1. The Morgan fingerprint density at radius 3 is 2.32 bits per heavy atom. The molecule has 0 bridgehead atoms. The molecule has 3 aromatic rings. The van der Waals surface area contributed by atoms with Gasteiger partial charge >= 0.3 is 0 Å². The lowest BCUT2D eigenvalue weighted by atomic mass is 9.93. The van der Waals surface area contributed by atoms with Crippen molar-refractivity contribution in [1.82, 2.24) is 4.90 Å². The van der Waals surface area contributed by atoms with Crippen molar-refractivity contribution in [2.24, 2.45) is 0 Å². The van der Waals surface area contributed by atoms with Crippen molar-refractivity contribution in [1.29, 1.82) is 0 Å². The van der Waals surface area contributed by atoms with E-state index < -0.39 is 6.10 Å². The SMILES string of the molecule is CO[C@H]1CN(C(=O)c2ccc(-c3cc(C)cc(C)c3)c3ccccc23)C[C@@H]1O. The highest BCUT2D eigenvalue weighted by Crippen LogP contribution is 2.33. The van der Waals surface area contributed by atoms with Crippen LogP contribution in [0.4, 0.5) is 0 Å². The van der Waals surface area contributed by atoms with Gasteiger partial charge in [-0.25, -0.2) is 0 Å². The van der Waals surface area contributed by atoms with E-state index in [0.29, 0.717) is 18.7 Å². The van der Waals surface area contributed by atoms with Crippen molar-refractivity contribution in [3.05, 3.63) is 71.3 Å². The number of hydrogen-bond acceptors (Lipinski definition) is 3. The van der Waals surface area contributed by atoms with Crippen molar-refractivity contribution < 1.29 is 14.6 Å². The molecule has 1 aliphatic rings. The Kier molecular flexibility index (Phi) is 4.92. The molecule has 1 heterocycles. The molecule has 3 aromatic carbocycles. The number of hydrogen-bond donors (Lipinski definition) is 1. The Morgan fingerprint density at radius 1 is 1.00 bits per heavy atom. The van der Waals surface area contributed by atoms with Crippen LogP contribution in [0.2, 0.25) is 0 Å². The minimum atomic E-state index is -0.644. The summed E-state index contributed by atoms with van der Waals surface area (Å²) < 4.78 is 5.28. The molecule has 1 saturated heterocycles. The van der Waals surface area contributed by atoms with Crippen LogP contribution in [0.25, 0.3) is 21.9 Å². The molecule has 1 N–H and O–H groups in total. The number of carbonyl (C=O) groups excluding carboxylic acids is 1. The van der Waals surface area contributed by atoms with Gasteiger partial charge in [-0.15, -0.1) is 0 Å². The first kappa shape index (κ1) is 18.7. The fraction of sp³-hybridized carbons (Fsp3) is 0.292. The first-order valence-electron chi connectivity index (χ1n) is 9.58. The molecule has 4 rings (SSSR count). The van der Waals surface area contributed by atoms with Gasteiger partial charge in [0.2, 0.25) is 0 Å². The van der Waals surface area contributed by atoms with Crippen LogP contribution >= 0.6 is 0 Å². The number of rotatable bonds is 3. The van der Waals surface area contributed by atoms with Gasteiger partial charge in [0.1, 0.15) is 6.10 Å². The van der Waals surface area contributed by atoms with E-state index >= 15 is 0 Å². The number of benzene rings is 3. The Balaban J connectivity index is 1.79. The zero-order valence-electron chi connectivity index (χ0n) is 16.5. The van der Waals surface area contributed by atoms with Crippen molar-refractivity contribution in [2.45, 2.75) is 26.1 Å². The lowest BCUT2D eigenvalue weighted by molar-refractivity contribution is 0.0215. The number of aryl methyl sites for hydroxylation is 2. The van der Waals surface area contributed by atoms with E-state index in [1.807, 2.05) is 30.3 Å². The van der Waals surface area contributed by atoms with Gasteiger partial charge in [0.25, 0.3) is 5.91 Å². The second kappa shape index (κ2) is 7.38. The third kappa shape index (κ3) is 3.30. The van der Waals surface area contributed by atoms with Crippen molar-refractivity contribution >= 4 is 16.7 Å². The highest BCUT2D eigenvalue weighted by molar-refractivity contribution is 6.11. The van der Waals surface area contributed by atoms with Gasteiger partial charge < -0.3 is 14.7 Å². The van der Waals surface area contributed by atoms with Gasteiger partial charge in [-0.2, -0.15) is 0 Å². The zero-order chi connectivity index (χ0) is 19.8. The standard InChI is InChI=1S/C24H25NO3/c1-15-10-16(2)12-17(11-15)18-8-9-21(20-7-5-4-6-19(18)20)24(27)25-13-22(26)23(14-25)28-3/h4-12,22-23,26H,13-14H2,1-3H3/t22-,23-/m0/s1. The highest BCUT2D eigenvalue weighted by atomic mass is 16.5. The maximum absolute atomic E-state index is 13.2. The smallest absolute Gasteiger partial charge is 0.254 e. The predicted molar refractivity (Wildman–Crippen MR) is 112 cm³/mol. The first-order chi connectivity index (χ1) is 13.5. The molecule has 144 valence electrons. The maximum Gasteiger partial charge on any atom is 0.254 e. The normalized spacial score (nSPS) is 19.4. The minimum absolute atomic E-state index is 0.0678. The Labute approximate surface area is 165 Å². The van der Waals surface area contributed by atoms with Gasteiger partial charge in [-0.05, 0) is 41.8 Å². The van der Waals surface area contributed by atoms with E-state index in [4.69, 9.17) is 4.74 Å². The van der Waals surface area contributed by atoms with Gasteiger partial charge in [0.05, 0.1) is 6.10 Å². The number of carbonyl (C=O) groups is 1. The van der Waals surface area contributed by atoms with E-state index in [9.17, 15) is 9.90 Å². The number of methoxy groups -OCH3 is 1. The average molecular weight is 375 g/mol. The van der Waals surface area contributed by atoms with Gasteiger partial charge in [-0.1, -0.05) is 59.7 Å². The van der Waals surface area contributed by atoms with Crippen LogP contribution in [-0.4, -0.2) is 48.3 Å². The first-order valence-corrected chi connectivity index (χ1v) is 9.58. The van der Waals surface area contributed by atoms with E-state index in [0.717, 1.165) is 21.9 Å². The summed E-state index contributed by atoms with van der Waals surface area (Å²) in [6.07, 6.45) is -0.973. The molecule has 1 aliphatic heterocycles. The summed E-state index contributed by atoms with van der Waals surface area (Å²) in [5.74, 6) is -0.0678. The van der Waals surface area contributed by atoms with E-state index in [1.54, 1.807) is 12.0 Å². The molecular weight excluding hydrogens is 350 g/mol. The Bertz CT molecular complexity index is 1020. The molecule has 28 heavy (non-hydrogen) atoms. The fourth-order valence-corrected chi connectivity index (χ4v) is 4.19. The minimum Gasteiger partial charge on any atom is -0.388 e. The summed E-state index contributed by atoms with van der Waals surface area (Å²) in [6.45, 7) is 4.90. The molecular formula is C24H25NO3. The number of aliphatic hydroxyl groups excluding tert-OH is 1. The summed E-state index contributed by atoms with van der Waals surface area (Å²) >= 11 is 0. The molecule has 4 heteroatoms. The lowest BCUT2D eigenvalue weighted by Crippen LogP contribution is -2.30. The van der Waals surface area contributed by atoms with E-state index in [1.165, 1.54) is 11.1 Å². The molecule has 0 spiro atoms.